The van der Waals surface area contributed by atoms with Crippen molar-refractivity contribution >= 4 is 11.3 Å². The lowest BCUT2D eigenvalue weighted by Crippen LogP contribution is -2.01. The van der Waals surface area contributed by atoms with Gasteiger partial charge in [0.05, 0.1) is 6.54 Å². The molecule has 1 aliphatic rings. The molecule has 20 heavy (non-hydrogen) atoms. The van der Waals surface area contributed by atoms with Crippen LogP contribution in [0.15, 0.2) is 41.7 Å². The Kier molecular flexibility index (Phi) is 3.14. The fourth-order valence-electron chi connectivity index (χ4n) is 2.11. The van der Waals surface area contributed by atoms with E-state index < -0.39 is 0 Å². The summed E-state index contributed by atoms with van der Waals surface area (Å²) in [7, 11) is 0. The third-order valence-electron chi connectivity index (χ3n) is 3.27. The van der Waals surface area contributed by atoms with E-state index in [0.29, 0.717) is 17.9 Å². The van der Waals surface area contributed by atoms with Gasteiger partial charge in [-0.1, -0.05) is 6.07 Å². The lowest BCUT2D eigenvalue weighted by atomic mass is 10.0. The third kappa shape index (κ3) is 2.37. The van der Waals surface area contributed by atoms with Crippen LogP contribution in [0.4, 0.5) is 4.39 Å². The quantitative estimate of drug-likeness (QED) is 0.838. The Morgan fingerprint density at radius 2 is 1.85 bits per heavy atom. The molecule has 0 saturated carbocycles. The summed E-state index contributed by atoms with van der Waals surface area (Å²) in [5.74, 6) is 0.444. The summed E-state index contributed by atoms with van der Waals surface area (Å²) in [5.41, 5.74) is 4.50. The van der Waals surface area contributed by atoms with E-state index in [1.54, 1.807) is 25.4 Å². The van der Waals surface area contributed by atoms with E-state index in [1.165, 1.54) is 6.07 Å². The lowest BCUT2D eigenvalue weighted by molar-refractivity contribution is 0.618. The van der Waals surface area contributed by atoms with Crippen LogP contribution >= 0.6 is 0 Å². The van der Waals surface area contributed by atoms with Crippen LogP contribution < -0.4 is 0 Å². The van der Waals surface area contributed by atoms with Crippen molar-refractivity contribution in [2.24, 2.45) is 4.99 Å². The van der Waals surface area contributed by atoms with E-state index in [4.69, 9.17) is 0 Å². The number of rotatable bonds is 2. The van der Waals surface area contributed by atoms with Gasteiger partial charge in [0.15, 0.2) is 5.82 Å². The first-order valence-corrected chi connectivity index (χ1v) is 6.44. The first kappa shape index (κ1) is 12.7. The first-order valence-electron chi connectivity index (χ1n) is 6.44. The van der Waals surface area contributed by atoms with E-state index in [1.807, 2.05) is 19.1 Å². The van der Waals surface area contributed by atoms with Gasteiger partial charge in [0.25, 0.3) is 0 Å². The molecule has 0 radical (unpaired) electrons. The molecule has 0 spiro atoms. The van der Waals surface area contributed by atoms with Gasteiger partial charge in [0.2, 0.25) is 0 Å². The standard InChI is InChI=1S/C16H14FN3/c1-10-7-19-16(20-8-10)15-6-13(9-18-15)12-3-4-14(17)11(2)5-12/h3-8H,9H2,1-2H3. The van der Waals surface area contributed by atoms with Gasteiger partial charge in [0.1, 0.15) is 11.5 Å². The molecule has 0 fully saturated rings. The predicted molar refractivity (Wildman–Crippen MR) is 77.3 cm³/mol. The second kappa shape index (κ2) is 4.96. The summed E-state index contributed by atoms with van der Waals surface area (Å²) >= 11 is 0. The zero-order chi connectivity index (χ0) is 14.1. The zero-order valence-corrected chi connectivity index (χ0v) is 11.4. The van der Waals surface area contributed by atoms with E-state index in [9.17, 15) is 4.39 Å². The molecule has 4 heteroatoms. The topological polar surface area (TPSA) is 38.1 Å². The Balaban J connectivity index is 1.90. The average Bonchev–Trinajstić information content (AvgIpc) is 2.92. The van der Waals surface area contributed by atoms with E-state index >= 15 is 0 Å². The van der Waals surface area contributed by atoms with Crippen molar-refractivity contribution in [3.8, 4) is 0 Å². The summed E-state index contributed by atoms with van der Waals surface area (Å²) in [6.07, 6.45) is 5.52. The Labute approximate surface area is 116 Å². The van der Waals surface area contributed by atoms with Crippen molar-refractivity contribution in [2.75, 3.05) is 6.54 Å². The number of aromatic nitrogens is 2. The van der Waals surface area contributed by atoms with Crippen LogP contribution in [0, 0.1) is 19.7 Å². The van der Waals surface area contributed by atoms with Crippen molar-refractivity contribution < 1.29 is 4.39 Å². The van der Waals surface area contributed by atoms with Gasteiger partial charge in [-0.2, -0.15) is 0 Å². The normalized spacial score (nSPS) is 14.2. The minimum absolute atomic E-state index is 0.185. The first-order chi connectivity index (χ1) is 9.63. The molecule has 0 aliphatic carbocycles. The van der Waals surface area contributed by atoms with Gasteiger partial charge in [0, 0.05) is 12.4 Å². The number of nitrogens with zero attached hydrogens (tertiary/aromatic N) is 3. The number of aryl methyl sites for hydroxylation is 2. The predicted octanol–water partition coefficient (Wildman–Crippen LogP) is 3.12. The summed E-state index contributed by atoms with van der Waals surface area (Å²) in [4.78, 5) is 13.0. The van der Waals surface area contributed by atoms with Crippen molar-refractivity contribution in [2.45, 2.75) is 13.8 Å². The Morgan fingerprint density at radius 3 is 2.55 bits per heavy atom. The highest BCUT2D eigenvalue weighted by atomic mass is 19.1. The van der Waals surface area contributed by atoms with Crippen LogP contribution in [0.2, 0.25) is 0 Å². The van der Waals surface area contributed by atoms with Crippen LogP contribution in [0.3, 0.4) is 0 Å². The molecule has 3 nitrogen and oxygen atoms in total. The monoisotopic (exact) mass is 267 g/mol. The number of hydrogen-bond donors (Lipinski definition) is 0. The largest absolute Gasteiger partial charge is 0.277 e. The highest BCUT2D eigenvalue weighted by Crippen LogP contribution is 2.22. The molecule has 0 amide bonds. The second-order valence-electron chi connectivity index (χ2n) is 4.92. The van der Waals surface area contributed by atoms with Crippen molar-refractivity contribution in [1.82, 2.24) is 9.97 Å². The fraction of sp³-hybridized carbons (Fsp3) is 0.188. The van der Waals surface area contributed by atoms with Gasteiger partial charge in [-0.05, 0) is 54.3 Å². The summed E-state index contributed by atoms with van der Waals surface area (Å²) < 4.78 is 13.3. The van der Waals surface area contributed by atoms with Crippen LogP contribution in [-0.2, 0) is 0 Å². The minimum atomic E-state index is -0.185. The van der Waals surface area contributed by atoms with E-state index in [-0.39, 0.29) is 5.82 Å². The maximum absolute atomic E-state index is 13.3. The van der Waals surface area contributed by atoms with Crippen molar-refractivity contribution in [3.05, 3.63) is 65.0 Å². The summed E-state index contributed by atoms with van der Waals surface area (Å²) in [6, 6.07) is 5.12. The lowest BCUT2D eigenvalue weighted by Gasteiger charge is -2.03. The molecule has 2 heterocycles. The SMILES string of the molecule is Cc1cnc(C2=NCC(c3ccc(F)c(C)c3)=C2)nc1. The van der Waals surface area contributed by atoms with Gasteiger partial charge in [-0.15, -0.1) is 0 Å². The molecule has 1 aromatic heterocycles. The summed E-state index contributed by atoms with van der Waals surface area (Å²) in [6.45, 7) is 4.29. The average molecular weight is 267 g/mol. The fourth-order valence-corrected chi connectivity index (χ4v) is 2.11. The van der Waals surface area contributed by atoms with E-state index in [2.05, 4.69) is 15.0 Å². The molecule has 1 aromatic carbocycles. The maximum Gasteiger partial charge on any atom is 0.177 e. The zero-order valence-electron chi connectivity index (χ0n) is 11.4. The Morgan fingerprint density at radius 1 is 1.10 bits per heavy atom. The molecular weight excluding hydrogens is 253 g/mol. The van der Waals surface area contributed by atoms with Gasteiger partial charge < -0.3 is 0 Å². The number of allylic oxidation sites excluding steroid dienone is 1. The molecule has 0 bridgehead atoms. The van der Waals surface area contributed by atoms with Crippen molar-refractivity contribution in [3.63, 3.8) is 0 Å². The molecule has 0 N–H and O–H groups in total. The van der Waals surface area contributed by atoms with Crippen LogP contribution in [-0.4, -0.2) is 22.2 Å². The Hall–Kier alpha value is -2.36. The van der Waals surface area contributed by atoms with Gasteiger partial charge in [-0.3, -0.25) is 4.99 Å². The molecule has 1 aliphatic heterocycles. The Bertz CT molecular complexity index is 715. The maximum atomic E-state index is 13.3. The summed E-state index contributed by atoms with van der Waals surface area (Å²) in [5, 5.41) is 0. The molecule has 100 valence electrons. The van der Waals surface area contributed by atoms with Crippen LogP contribution in [0.1, 0.15) is 22.5 Å². The number of aliphatic imine (C=N–C) groups is 1. The molecule has 2 aromatic rings. The number of benzene rings is 1. The highest BCUT2D eigenvalue weighted by molar-refractivity contribution is 6.12. The van der Waals surface area contributed by atoms with Crippen LogP contribution in [0.5, 0.6) is 0 Å². The van der Waals surface area contributed by atoms with Gasteiger partial charge in [-0.25, -0.2) is 14.4 Å². The highest BCUT2D eigenvalue weighted by Gasteiger charge is 2.14. The van der Waals surface area contributed by atoms with Crippen molar-refractivity contribution in [1.29, 1.82) is 0 Å². The second-order valence-corrected chi connectivity index (χ2v) is 4.92. The smallest absolute Gasteiger partial charge is 0.177 e. The van der Waals surface area contributed by atoms with Gasteiger partial charge >= 0.3 is 0 Å². The molecule has 0 saturated heterocycles. The number of halogens is 1. The molecular formula is C16H14FN3. The van der Waals surface area contributed by atoms with Crippen LogP contribution in [0.25, 0.3) is 5.57 Å². The molecule has 3 rings (SSSR count). The number of hydrogen-bond acceptors (Lipinski definition) is 3. The molecule has 0 unspecified atom stereocenters. The minimum Gasteiger partial charge on any atom is -0.277 e. The third-order valence-corrected chi connectivity index (χ3v) is 3.27. The van der Waals surface area contributed by atoms with E-state index in [0.717, 1.165) is 22.4 Å². The molecule has 0 atom stereocenters.